The standard InChI is InChI=1S/C13H20N4O2/c1-19-11-7-15-13(16-8-11)17-6-2-3-10(9-17)4-5-12(14)18/h7-8,10H,2-6,9H2,1H3,(H2,14,18)/t10-/m1/s1. The van der Waals surface area contributed by atoms with Crippen molar-refractivity contribution < 1.29 is 9.53 Å². The number of carbonyl (C=O) groups excluding carboxylic acids is 1. The molecule has 0 aliphatic carbocycles. The SMILES string of the molecule is COc1cnc(N2CCC[C@H](CCC(N)=O)C2)nc1. The van der Waals surface area contributed by atoms with Crippen LogP contribution in [0.25, 0.3) is 0 Å². The van der Waals surface area contributed by atoms with Gasteiger partial charge in [-0.3, -0.25) is 4.79 Å². The van der Waals surface area contributed by atoms with Crippen molar-refractivity contribution >= 4 is 11.9 Å². The van der Waals surface area contributed by atoms with Gasteiger partial charge in [-0.05, 0) is 25.2 Å². The number of carbonyl (C=O) groups is 1. The number of methoxy groups -OCH3 is 1. The molecule has 0 aromatic carbocycles. The number of piperidine rings is 1. The Morgan fingerprint density at radius 1 is 1.53 bits per heavy atom. The molecule has 1 atom stereocenters. The molecular weight excluding hydrogens is 244 g/mol. The Hall–Kier alpha value is -1.85. The average molecular weight is 264 g/mol. The smallest absolute Gasteiger partial charge is 0.225 e. The lowest BCUT2D eigenvalue weighted by atomic mass is 9.93. The minimum absolute atomic E-state index is 0.224. The van der Waals surface area contributed by atoms with Gasteiger partial charge in [0.15, 0.2) is 5.75 Å². The molecule has 1 fully saturated rings. The second-order valence-electron chi connectivity index (χ2n) is 4.88. The van der Waals surface area contributed by atoms with Gasteiger partial charge in [-0.1, -0.05) is 0 Å². The van der Waals surface area contributed by atoms with E-state index in [0.29, 0.717) is 18.1 Å². The fourth-order valence-electron chi connectivity index (χ4n) is 2.41. The predicted octanol–water partition coefficient (Wildman–Crippen LogP) is 0.967. The molecule has 1 aliphatic rings. The van der Waals surface area contributed by atoms with Crippen molar-refractivity contribution in [2.45, 2.75) is 25.7 Å². The maximum Gasteiger partial charge on any atom is 0.225 e. The Morgan fingerprint density at radius 3 is 2.89 bits per heavy atom. The lowest BCUT2D eigenvalue weighted by molar-refractivity contribution is -0.118. The van der Waals surface area contributed by atoms with Crippen LogP contribution in [0.4, 0.5) is 5.95 Å². The number of nitrogens with zero attached hydrogens (tertiary/aromatic N) is 3. The van der Waals surface area contributed by atoms with Gasteiger partial charge >= 0.3 is 0 Å². The van der Waals surface area contributed by atoms with E-state index >= 15 is 0 Å². The second-order valence-corrected chi connectivity index (χ2v) is 4.88. The maximum absolute atomic E-state index is 10.8. The van der Waals surface area contributed by atoms with Gasteiger partial charge in [0, 0.05) is 19.5 Å². The van der Waals surface area contributed by atoms with Crippen molar-refractivity contribution in [3.63, 3.8) is 0 Å². The van der Waals surface area contributed by atoms with Gasteiger partial charge in [0.2, 0.25) is 11.9 Å². The third-order valence-electron chi connectivity index (χ3n) is 3.45. The summed E-state index contributed by atoms with van der Waals surface area (Å²) in [4.78, 5) is 21.6. The zero-order valence-electron chi connectivity index (χ0n) is 11.2. The molecule has 0 unspecified atom stereocenters. The van der Waals surface area contributed by atoms with Crippen LogP contribution in [0.1, 0.15) is 25.7 Å². The predicted molar refractivity (Wildman–Crippen MR) is 71.9 cm³/mol. The Bertz CT molecular complexity index is 421. The average Bonchev–Trinajstić information content (AvgIpc) is 2.45. The molecule has 0 spiro atoms. The van der Waals surface area contributed by atoms with E-state index in [0.717, 1.165) is 38.3 Å². The fraction of sp³-hybridized carbons (Fsp3) is 0.615. The lowest BCUT2D eigenvalue weighted by Gasteiger charge is -2.32. The summed E-state index contributed by atoms with van der Waals surface area (Å²) in [6.45, 7) is 1.85. The highest BCUT2D eigenvalue weighted by molar-refractivity contribution is 5.73. The van der Waals surface area contributed by atoms with Crippen molar-refractivity contribution in [2.75, 3.05) is 25.1 Å². The van der Waals surface area contributed by atoms with E-state index in [1.165, 1.54) is 0 Å². The van der Waals surface area contributed by atoms with Crippen LogP contribution >= 0.6 is 0 Å². The molecule has 1 saturated heterocycles. The molecule has 0 bridgehead atoms. The Labute approximate surface area is 113 Å². The summed E-state index contributed by atoms with van der Waals surface area (Å²) >= 11 is 0. The van der Waals surface area contributed by atoms with Gasteiger partial charge in [-0.25, -0.2) is 9.97 Å². The van der Waals surface area contributed by atoms with Crippen LogP contribution in [0.15, 0.2) is 12.4 Å². The topological polar surface area (TPSA) is 81.3 Å². The van der Waals surface area contributed by atoms with Crippen molar-refractivity contribution in [2.24, 2.45) is 11.7 Å². The van der Waals surface area contributed by atoms with E-state index in [-0.39, 0.29) is 5.91 Å². The van der Waals surface area contributed by atoms with E-state index in [4.69, 9.17) is 10.5 Å². The van der Waals surface area contributed by atoms with E-state index in [9.17, 15) is 4.79 Å². The molecule has 1 aromatic rings. The quantitative estimate of drug-likeness (QED) is 0.857. The summed E-state index contributed by atoms with van der Waals surface area (Å²) in [5.74, 6) is 1.65. The minimum atomic E-state index is -0.224. The number of rotatable bonds is 5. The van der Waals surface area contributed by atoms with Crippen LogP contribution in [0.2, 0.25) is 0 Å². The van der Waals surface area contributed by atoms with Crippen LogP contribution in [0.5, 0.6) is 5.75 Å². The monoisotopic (exact) mass is 264 g/mol. The van der Waals surface area contributed by atoms with Gasteiger partial charge < -0.3 is 15.4 Å². The summed E-state index contributed by atoms with van der Waals surface area (Å²) in [5, 5.41) is 0. The first-order valence-electron chi connectivity index (χ1n) is 6.58. The van der Waals surface area contributed by atoms with Crippen LogP contribution in [-0.4, -0.2) is 36.1 Å². The fourth-order valence-corrected chi connectivity index (χ4v) is 2.41. The number of nitrogens with two attached hydrogens (primary N) is 1. The van der Waals surface area contributed by atoms with Gasteiger partial charge in [0.25, 0.3) is 0 Å². The Morgan fingerprint density at radius 2 is 2.26 bits per heavy atom. The maximum atomic E-state index is 10.8. The first-order valence-corrected chi connectivity index (χ1v) is 6.58. The van der Waals surface area contributed by atoms with Crippen molar-refractivity contribution in [1.29, 1.82) is 0 Å². The van der Waals surface area contributed by atoms with Gasteiger partial charge in [-0.2, -0.15) is 0 Å². The van der Waals surface area contributed by atoms with E-state index < -0.39 is 0 Å². The number of amides is 1. The summed E-state index contributed by atoms with van der Waals surface area (Å²) < 4.78 is 5.05. The van der Waals surface area contributed by atoms with Crippen molar-refractivity contribution in [1.82, 2.24) is 9.97 Å². The molecule has 0 radical (unpaired) electrons. The lowest BCUT2D eigenvalue weighted by Crippen LogP contribution is -2.36. The van der Waals surface area contributed by atoms with E-state index in [1.807, 2.05) is 0 Å². The van der Waals surface area contributed by atoms with Gasteiger partial charge in [0.05, 0.1) is 19.5 Å². The summed E-state index contributed by atoms with van der Waals surface area (Å²) in [5.41, 5.74) is 5.20. The molecule has 2 rings (SSSR count). The molecule has 1 aliphatic heterocycles. The van der Waals surface area contributed by atoms with Gasteiger partial charge in [-0.15, -0.1) is 0 Å². The summed E-state index contributed by atoms with van der Waals surface area (Å²) in [6.07, 6.45) is 6.90. The third-order valence-corrected chi connectivity index (χ3v) is 3.45. The van der Waals surface area contributed by atoms with E-state index in [2.05, 4.69) is 14.9 Å². The highest BCUT2D eigenvalue weighted by atomic mass is 16.5. The highest BCUT2D eigenvalue weighted by Crippen LogP contribution is 2.23. The molecule has 104 valence electrons. The molecule has 2 N–H and O–H groups in total. The van der Waals surface area contributed by atoms with Crippen molar-refractivity contribution in [3.05, 3.63) is 12.4 Å². The normalized spacial score (nSPS) is 19.2. The first kappa shape index (κ1) is 13.6. The number of hydrogen-bond acceptors (Lipinski definition) is 5. The molecule has 6 heteroatoms. The molecule has 2 heterocycles. The molecule has 0 saturated carbocycles. The molecule has 1 aromatic heterocycles. The minimum Gasteiger partial charge on any atom is -0.494 e. The van der Waals surface area contributed by atoms with Crippen molar-refractivity contribution in [3.8, 4) is 5.75 Å². The number of anilines is 1. The first-order chi connectivity index (χ1) is 9.19. The summed E-state index contributed by atoms with van der Waals surface area (Å²) in [6, 6.07) is 0. The highest BCUT2D eigenvalue weighted by Gasteiger charge is 2.21. The molecule has 19 heavy (non-hydrogen) atoms. The Kier molecular flexibility index (Phi) is 4.54. The number of hydrogen-bond donors (Lipinski definition) is 1. The second kappa shape index (κ2) is 6.36. The zero-order valence-corrected chi connectivity index (χ0v) is 11.2. The Balaban J connectivity index is 1.94. The number of ether oxygens (including phenoxy) is 1. The largest absolute Gasteiger partial charge is 0.494 e. The molecular formula is C13H20N4O2. The van der Waals surface area contributed by atoms with Crippen LogP contribution in [0.3, 0.4) is 0 Å². The zero-order chi connectivity index (χ0) is 13.7. The summed E-state index contributed by atoms with van der Waals surface area (Å²) in [7, 11) is 1.60. The van der Waals surface area contributed by atoms with Crippen LogP contribution in [-0.2, 0) is 4.79 Å². The molecule has 6 nitrogen and oxygen atoms in total. The number of primary amides is 1. The van der Waals surface area contributed by atoms with Crippen LogP contribution in [0, 0.1) is 5.92 Å². The van der Waals surface area contributed by atoms with Gasteiger partial charge in [0.1, 0.15) is 0 Å². The molecule has 1 amide bonds. The van der Waals surface area contributed by atoms with E-state index in [1.54, 1.807) is 19.5 Å². The third kappa shape index (κ3) is 3.81. The number of aromatic nitrogens is 2. The van der Waals surface area contributed by atoms with Crippen LogP contribution < -0.4 is 15.4 Å².